The van der Waals surface area contributed by atoms with E-state index in [-0.39, 0.29) is 28.4 Å². The minimum atomic E-state index is -0.455. The lowest BCUT2D eigenvalue weighted by Gasteiger charge is -2.22. The first-order valence-electron chi connectivity index (χ1n) is 11.5. The highest BCUT2D eigenvalue weighted by Gasteiger charge is 2.53. The van der Waals surface area contributed by atoms with Gasteiger partial charge in [0.05, 0.1) is 21.6 Å². The molecule has 2 fully saturated rings. The smallest absolute Gasteiger partial charge is 0.272 e. The Hall–Kier alpha value is -3.46. The number of carbonyl (C=O) groups excluding carboxylic acids is 3. The number of nitrogens with zero attached hydrogens (tertiary/aromatic N) is 2. The first kappa shape index (κ1) is 23.3. The van der Waals surface area contributed by atoms with E-state index in [1.54, 1.807) is 18.2 Å². The molecule has 5 rings (SSSR count). The van der Waals surface area contributed by atoms with Crippen molar-refractivity contribution in [3.05, 3.63) is 63.2 Å². The number of amides is 2. The van der Waals surface area contributed by atoms with Crippen molar-refractivity contribution in [1.29, 1.82) is 0 Å². The topological polar surface area (TPSA) is 104 Å². The zero-order valence-corrected chi connectivity index (χ0v) is 19.7. The Kier molecular flexibility index (Phi) is 5.96. The van der Waals surface area contributed by atoms with Gasteiger partial charge < -0.3 is 10.2 Å². The third-order valence-corrected chi connectivity index (χ3v) is 7.58. The van der Waals surface area contributed by atoms with Crippen LogP contribution in [-0.2, 0) is 4.79 Å². The average molecular weight is 499 g/mol. The number of rotatable bonds is 6. The van der Waals surface area contributed by atoms with Crippen LogP contribution in [0.4, 0.5) is 10.1 Å². The fourth-order valence-corrected chi connectivity index (χ4v) is 5.75. The highest BCUT2D eigenvalue weighted by molar-refractivity contribution is 6.33. The van der Waals surface area contributed by atoms with Gasteiger partial charge in [0.15, 0.2) is 0 Å². The Morgan fingerprint density at radius 3 is 2.74 bits per heavy atom. The van der Waals surface area contributed by atoms with Crippen LogP contribution in [0.1, 0.15) is 41.3 Å². The molecule has 0 spiro atoms. The van der Waals surface area contributed by atoms with Crippen molar-refractivity contribution in [2.24, 2.45) is 17.8 Å². The summed E-state index contributed by atoms with van der Waals surface area (Å²) in [5.74, 6) is 0.0905. The van der Waals surface area contributed by atoms with E-state index < -0.39 is 5.82 Å². The van der Waals surface area contributed by atoms with Crippen molar-refractivity contribution < 1.29 is 18.8 Å². The fraction of sp³-hybridized carbons (Fsp3) is 0.360. The van der Waals surface area contributed by atoms with Crippen LogP contribution in [0.3, 0.4) is 0 Å². The molecule has 182 valence electrons. The molecule has 0 aliphatic heterocycles. The Labute approximate surface area is 205 Å². The van der Waals surface area contributed by atoms with E-state index in [1.807, 2.05) is 0 Å². The van der Waals surface area contributed by atoms with Gasteiger partial charge >= 0.3 is 0 Å². The van der Waals surface area contributed by atoms with Crippen molar-refractivity contribution in [3.63, 3.8) is 0 Å². The van der Waals surface area contributed by atoms with Gasteiger partial charge in [-0.25, -0.2) is 9.07 Å². The summed E-state index contributed by atoms with van der Waals surface area (Å²) in [6.07, 6.45) is 3.28. The van der Waals surface area contributed by atoms with Crippen LogP contribution >= 0.6 is 11.6 Å². The van der Waals surface area contributed by atoms with Crippen LogP contribution in [0.25, 0.3) is 10.9 Å². The predicted molar refractivity (Wildman–Crippen MR) is 129 cm³/mol. The predicted octanol–water partition coefficient (Wildman–Crippen LogP) is 3.59. The maximum atomic E-state index is 13.4. The van der Waals surface area contributed by atoms with Crippen molar-refractivity contribution in [2.45, 2.75) is 32.2 Å². The molecule has 10 heteroatoms. The maximum Gasteiger partial charge on any atom is 0.272 e. The van der Waals surface area contributed by atoms with E-state index in [4.69, 9.17) is 11.6 Å². The molecule has 2 unspecified atom stereocenters. The number of H-pyrrole nitrogens is 1. The molecule has 2 amide bonds. The SMILES string of the molecule is CC(=O)n1[nH]c(=O)c2ccc(C(=O)N[C@@H]3CC[C@H]4C(C3)C4CN(C=O)c3ccc(F)cc3Cl)cc21. The minimum absolute atomic E-state index is 0.00948. The van der Waals surface area contributed by atoms with Crippen LogP contribution in [-0.4, -0.2) is 40.6 Å². The van der Waals surface area contributed by atoms with Gasteiger partial charge in [0.25, 0.3) is 11.5 Å². The van der Waals surface area contributed by atoms with E-state index >= 15 is 0 Å². The molecular weight excluding hydrogens is 475 g/mol. The molecule has 2 aromatic carbocycles. The van der Waals surface area contributed by atoms with E-state index in [1.165, 1.54) is 30.0 Å². The molecule has 0 radical (unpaired) electrons. The van der Waals surface area contributed by atoms with Crippen molar-refractivity contribution in [1.82, 2.24) is 15.1 Å². The number of halogens is 2. The lowest BCUT2D eigenvalue weighted by Crippen LogP contribution is -2.36. The third-order valence-electron chi connectivity index (χ3n) is 7.28. The van der Waals surface area contributed by atoms with Gasteiger partial charge in [0.2, 0.25) is 12.3 Å². The quantitative estimate of drug-likeness (QED) is 0.507. The highest BCUT2D eigenvalue weighted by atomic mass is 35.5. The van der Waals surface area contributed by atoms with Gasteiger partial charge in [-0.1, -0.05) is 11.6 Å². The zero-order valence-electron chi connectivity index (χ0n) is 19.0. The van der Waals surface area contributed by atoms with Gasteiger partial charge in [-0.05, 0) is 73.4 Å². The molecule has 2 N–H and O–H groups in total. The molecule has 2 aliphatic rings. The summed E-state index contributed by atoms with van der Waals surface area (Å²) < 4.78 is 14.5. The summed E-state index contributed by atoms with van der Waals surface area (Å²) >= 11 is 6.14. The second-order valence-corrected chi connectivity index (χ2v) is 9.76. The lowest BCUT2D eigenvalue weighted by molar-refractivity contribution is -0.107. The molecule has 1 heterocycles. The Morgan fingerprint density at radius 2 is 2.03 bits per heavy atom. The third kappa shape index (κ3) is 4.36. The van der Waals surface area contributed by atoms with Gasteiger partial charge in [-0.3, -0.25) is 24.3 Å². The zero-order chi connectivity index (χ0) is 24.9. The molecule has 35 heavy (non-hydrogen) atoms. The van der Waals surface area contributed by atoms with Crippen molar-refractivity contribution in [3.8, 4) is 0 Å². The number of fused-ring (bicyclic) bond motifs is 2. The molecule has 3 aromatic rings. The number of aromatic amines is 1. The maximum absolute atomic E-state index is 13.4. The second-order valence-electron chi connectivity index (χ2n) is 9.36. The summed E-state index contributed by atoms with van der Waals surface area (Å²) in [5, 5.41) is 6.10. The molecule has 8 nitrogen and oxygen atoms in total. The first-order chi connectivity index (χ1) is 16.8. The van der Waals surface area contributed by atoms with E-state index in [9.17, 15) is 23.6 Å². The molecule has 0 saturated heterocycles. The standard InChI is InChI=1S/C25H24ClFN4O4/c1-13(33)31-23-8-14(2-5-18(23)25(35)29-31)24(34)28-16-4-6-17-19(10-16)20(17)11-30(12-32)22-7-3-15(27)9-21(22)26/h2-3,5,7-9,12,16-17,19-20H,4,6,10-11H2,1H3,(H,28,34)(H,29,35)/t16-,17+,19?,20?/m1/s1. The molecule has 2 saturated carbocycles. The summed E-state index contributed by atoms with van der Waals surface area (Å²) in [7, 11) is 0. The second kappa shape index (κ2) is 8.96. The van der Waals surface area contributed by atoms with Gasteiger partial charge in [-0.15, -0.1) is 0 Å². The number of anilines is 1. The molecule has 0 bridgehead atoms. The molecular formula is C25H24ClFN4O4. The Morgan fingerprint density at radius 1 is 1.23 bits per heavy atom. The fourth-order valence-electron chi connectivity index (χ4n) is 5.47. The average Bonchev–Trinajstić information content (AvgIpc) is 3.40. The van der Waals surface area contributed by atoms with Crippen molar-refractivity contribution in [2.75, 3.05) is 11.4 Å². The molecule has 2 aliphatic carbocycles. The summed E-state index contributed by atoms with van der Waals surface area (Å²) in [4.78, 5) is 50.0. The Bertz CT molecular complexity index is 1400. The highest BCUT2D eigenvalue weighted by Crippen LogP contribution is 2.56. The summed E-state index contributed by atoms with van der Waals surface area (Å²) in [5.41, 5.74) is 0.848. The van der Waals surface area contributed by atoms with Gasteiger partial charge in [-0.2, -0.15) is 0 Å². The summed E-state index contributed by atoms with van der Waals surface area (Å²) in [6, 6.07) is 8.65. The van der Waals surface area contributed by atoms with Crippen molar-refractivity contribution >= 4 is 46.4 Å². The summed E-state index contributed by atoms with van der Waals surface area (Å²) in [6.45, 7) is 1.83. The van der Waals surface area contributed by atoms with E-state index in [0.29, 0.717) is 46.5 Å². The molecule has 4 atom stereocenters. The molecule has 1 aromatic heterocycles. The van der Waals surface area contributed by atoms with Gasteiger partial charge in [0, 0.05) is 25.1 Å². The van der Waals surface area contributed by atoms with Crippen LogP contribution < -0.4 is 15.8 Å². The van der Waals surface area contributed by atoms with Crippen LogP contribution in [0.5, 0.6) is 0 Å². The van der Waals surface area contributed by atoms with Crippen LogP contribution in [0.15, 0.2) is 41.2 Å². The normalized spacial score (nSPS) is 22.9. The number of hydrogen-bond acceptors (Lipinski definition) is 4. The number of hydrogen-bond donors (Lipinski definition) is 2. The monoisotopic (exact) mass is 498 g/mol. The number of benzene rings is 2. The largest absolute Gasteiger partial charge is 0.349 e. The minimum Gasteiger partial charge on any atom is -0.349 e. The van der Waals surface area contributed by atoms with Crippen LogP contribution in [0.2, 0.25) is 5.02 Å². The Balaban J connectivity index is 1.23. The van der Waals surface area contributed by atoms with Gasteiger partial charge in [0.1, 0.15) is 5.82 Å². The van der Waals surface area contributed by atoms with Crippen LogP contribution in [0, 0.1) is 23.6 Å². The number of nitrogens with one attached hydrogen (secondary N) is 2. The first-order valence-corrected chi connectivity index (χ1v) is 11.9. The van der Waals surface area contributed by atoms with E-state index in [2.05, 4.69) is 10.4 Å². The lowest BCUT2D eigenvalue weighted by atomic mass is 9.95. The number of carbonyl (C=O) groups is 3. The number of aromatic nitrogens is 2. The van der Waals surface area contributed by atoms with E-state index in [0.717, 1.165) is 30.4 Å².